The maximum Gasteiger partial charge on any atom is 0.269 e. The van der Waals surface area contributed by atoms with Crippen LogP contribution in [0, 0.1) is 17.0 Å². The van der Waals surface area contributed by atoms with Crippen molar-refractivity contribution in [3.63, 3.8) is 0 Å². The smallest absolute Gasteiger partial charge is 0.269 e. The molecule has 10 nitrogen and oxygen atoms in total. The number of para-hydroxylation sites is 1. The van der Waals surface area contributed by atoms with Crippen LogP contribution in [0.15, 0.2) is 59.8 Å². The van der Waals surface area contributed by atoms with E-state index in [0.29, 0.717) is 11.0 Å². The van der Waals surface area contributed by atoms with Crippen LogP contribution >= 0.6 is 11.8 Å². The zero-order valence-electron chi connectivity index (χ0n) is 15.2. The number of benzene rings is 2. The number of hydrogen-bond acceptors (Lipinski definition) is 7. The fraction of sp³-hybridized carbons (Fsp3) is 0.111. The van der Waals surface area contributed by atoms with E-state index < -0.39 is 16.7 Å². The number of rotatable bonds is 6. The monoisotopic (exact) mass is 412 g/mol. The van der Waals surface area contributed by atoms with E-state index in [1.165, 1.54) is 36.0 Å². The molecule has 3 rings (SSSR count). The van der Waals surface area contributed by atoms with Crippen molar-refractivity contribution in [3.05, 3.63) is 76.1 Å². The third-order valence-corrected chi connectivity index (χ3v) is 4.73. The Morgan fingerprint density at radius 1 is 1.07 bits per heavy atom. The van der Waals surface area contributed by atoms with Crippen LogP contribution in [0.25, 0.3) is 5.69 Å². The van der Waals surface area contributed by atoms with Gasteiger partial charge in [-0.3, -0.25) is 35.1 Å². The minimum atomic E-state index is -0.582. The molecule has 0 saturated heterocycles. The number of aromatic nitrogens is 3. The SMILES string of the molecule is Cc1nnc(SCC(=O)NNC(=O)c2ccc([N+](=O)[O-])cc2)n1-c1ccccc1. The average Bonchev–Trinajstić information content (AvgIpc) is 3.11. The lowest BCUT2D eigenvalue weighted by Gasteiger charge is -2.09. The van der Waals surface area contributed by atoms with E-state index in [4.69, 9.17) is 0 Å². The molecule has 0 aliphatic heterocycles. The molecule has 1 heterocycles. The molecule has 148 valence electrons. The first-order valence-electron chi connectivity index (χ1n) is 8.39. The van der Waals surface area contributed by atoms with Crippen molar-refractivity contribution in [2.24, 2.45) is 0 Å². The van der Waals surface area contributed by atoms with E-state index in [2.05, 4.69) is 21.0 Å². The molecule has 11 heteroatoms. The highest BCUT2D eigenvalue weighted by Crippen LogP contribution is 2.21. The molecule has 2 aromatic carbocycles. The first-order chi connectivity index (χ1) is 14.0. The number of nitrogens with one attached hydrogen (secondary N) is 2. The first-order valence-corrected chi connectivity index (χ1v) is 9.38. The van der Waals surface area contributed by atoms with Crippen molar-refractivity contribution in [2.75, 3.05) is 5.75 Å². The van der Waals surface area contributed by atoms with Gasteiger partial charge in [-0.2, -0.15) is 0 Å². The Kier molecular flexibility index (Phi) is 6.19. The second kappa shape index (κ2) is 8.97. The Bertz CT molecular complexity index is 1040. The van der Waals surface area contributed by atoms with Crippen LogP contribution in [-0.2, 0) is 4.79 Å². The number of nitro benzene ring substituents is 1. The van der Waals surface area contributed by atoms with E-state index in [1.807, 2.05) is 41.8 Å². The third-order valence-electron chi connectivity index (χ3n) is 3.80. The van der Waals surface area contributed by atoms with E-state index in [-0.39, 0.29) is 17.0 Å². The molecular weight excluding hydrogens is 396 g/mol. The van der Waals surface area contributed by atoms with Crippen LogP contribution in [0.4, 0.5) is 5.69 Å². The minimum Gasteiger partial charge on any atom is -0.274 e. The molecule has 0 bridgehead atoms. The van der Waals surface area contributed by atoms with Gasteiger partial charge in [0.25, 0.3) is 11.6 Å². The number of carbonyl (C=O) groups is 2. The number of nitrogens with zero attached hydrogens (tertiary/aromatic N) is 4. The lowest BCUT2D eigenvalue weighted by molar-refractivity contribution is -0.384. The standard InChI is InChI=1S/C18H16N6O4S/c1-12-19-22-18(23(12)14-5-3-2-4-6-14)29-11-16(25)20-21-17(26)13-7-9-15(10-8-13)24(27)28/h2-10H,11H2,1H3,(H,20,25)(H,21,26). The zero-order valence-corrected chi connectivity index (χ0v) is 16.0. The molecule has 3 aromatic rings. The highest BCUT2D eigenvalue weighted by Gasteiger charge is 2.14. The maximum absolute atomic E-state index is 12.1. The van der Waals surface area contributed by atoms with Crippen molar-refractivity contribution >= 4 is 29.3 Å². The van der Waals surface area contributed by atoms with Crippen LogP contribution in [0.3, 0.4) is 0 Å². The predicted octanol–water partition coefficient (Wildman–Crippen LogP) is 2.04. The van der Waals surface area contributed by atoms with E-state index in [1.54, 1.807) is 0 Å². The summed E-state index contributed by atoms with van der Waals surface area (Å²) in [6.45, 7) is 1.81. The molecule has 0 saturated carbocycles. The zero-order chi connectivity index (χ0) is 20.8. The molecule has 0 atom stereocenters. The van der Waals surface area contributed by atoms with Gasteiger partial charge in [0.15, 0.2) is 5.16 Å². The van der Waals surface area contributed by atoms with Crippen LogP contribution < -0.4 is 10.9 Å². The summed E-state index contributed by atoms with van der Waals surface area (Å²) in [6.07, 6.45) is 0. The fourth-order valence-corrected chi connectivity index (χ4v) is 3.21. The highest BCUT2D eigenvalue weighted by atomic mass is 32.2. The quantitative estimate of drug-likeness (QED) is 0.360. The third kappa shape index (κ3) is 4.96. The van der Waals surface area contributed by atoms with Crippen LogP contribution in [0.2, 0.25) is 0 Å². The van der Waals surface area contributed by atoms with Gasteiger partial charge < -0.3 is 0 Å². The molecule has 0 unspecified atom stereocenters. The predicted molar refractivity (Wildman–Crippen MR) is 106 cm³/mol. The van der Waals surface area contributed by atoms with Gasteiger partial charge >= 0.3 is 0 Å². The van der Waals surface area contributed by atoms with Gasteiger partial charge in [-0.25, -0.2) is 0 Å². The summed E-state index contributed by atoms with van der Waals surface area (Å²) < 4.78 is 1.83. The number of carbonyl (C=O) groups excluding carboxylic acids is 2. The normalized spacial score (nSPS) is 10.4. The summed E-state index contributed by atoms with van der Waals surface area (Å²) in [5.41, 5.74) is 5.51. The largest absolute Gasteiger partial charge is 0.274 e. The van der Waals surface area contributed by atoms with Gasteiger partial charge in [-0.05, 0) is 31.2 Å². The van der Waals surface area contributed by atoms with E-state index >= 15 is 0 Å². The minimum absolute atomic E-state index is 0.00546. The van der Waals surface area contributed by atoms with Crippen molar-refractivity contribution < 1.29 is 14.5 Å². The van der Waals surface area contributed by atoms with Gasteiger partial charge in [0.05, 0.1) is 10.7 Å². The summed E-state index contributed by atoms with van der Waals surface area (Å²) in [5.74, 6) is -0.330. The first kappa shape index (κ1) is 20.0. The topological polar surface area (TPSA) is 132 Å². The summed E-state index contributed by atoms with van der Waals surface area (Å²) in [4.78, 5) is 34.2. The molecule has 0 spiro atoms. The summed E-state index contributed by atoms with van der Waals surface area (Å²) in [6, 6.07) is 14.5. The summed E-state index contributed by atoms with van der Waals surface area (Å²) in [5, 5.41) is 19.3. The Labute approximate surface area is 169 Å². The molecule has 1 aromatic heterocycles. The van der Waals surface area contributed by atoms with E-state index in [9.17, 15) is 19.7 Å². The van der Waals surface area contributed by atoms with Gasteiger partial charge in [-0.1, -0.05) is 30.0 Å². The Balaban J connectivity index is 1.54. The molecule has 29 heavy (non-hydrogen) atoms. The number of thioether (sulfide) groups is 1. The van der Waals surface area contributed by atoms with Gasteiger partial charge in [0.1, 0.15) is 5.82 Å². The average molecular weight is 412 g/mol. The van der Waals surface area contributed by atoms with Gasteiger partial charge in [0, 0.05) is 23.4 Å². The van der Waals surface area contributed by atoms with Crippen molar-refractivity contribution in [1.29, 1.82) is 0 Å². The second-order valence-corrected chi connectivity index (χ2v) is 6.74. The van der Waals surface area contributed by atoms with Crippen LogP contribution in [-0.4, -0.2) is 37.3 Å². The number of non-ortho nitro benzene ring substituents is 1. The molecule has 2 N–H and O–H groups in total. The van der Waals surface area contributed by atoms with E-state index in [0.717, 1.165) is 5.69 Å². The molecule has 0 fully saturated rings. The number of aryl methyl sites for hydroxylation is 1. The maximum atomic E-state index is 12.1. The Morgan fingerprint density at radius 3 is 2.41 bits per heavy atom. The highest BCUT2D eigenvalue weighted by molar-refractivity contribution is 7.99. The van der Waals surface area contributed by atoms with Crippen molar-refractivity contribution in [3.8, 4) is 5.69 Å². The van der Waals surface area contributed by atoms with Crippen molar-refractivity contribution in [1.82, 2.24) is 25.6 Å². The Hall–Kier alpha value is -3.73. The van der Waals surface area contributed by atoms with Crippen LogP contribution in [0.5, 0.6) is 0 Å². The summed E-state index contributed by atoms with van der Waals surface area (Å²) >= 11 is 1.17. The van der Waals surface area contributed by atoms with Gasteiger partial charge in [0.2, 0.25) is 5.91 Å². The number of amides is 2. The molecule has 0 radical (unpaired) electrons. The molecule has 2 amide bonds. The Morgan fingerprint density at radius 2 is 1.76 bits per heavy atom. The lowest BCUT2D eigenvalue weighted by Crippen LogP contribution is -2.42. The molecule has 0 aliphatic carbocycles. The van der Waals surface area contributed by atoms with Crippen molar-refractivity contribution in [2.45, 2.75) is 12.1 Å². The fourth-order valence-electron chi connectivity index (χ4n) is 2.41. The number of hydrogen-bond donors (Lipinski definition) is 2. The number of nitro groups is 1. The van der Waals surface area contributed by atoms with Crippen LogP contribution in [0.1, 0.15) is 16.2 Å². The number of hydrazine groups is 1. The lowest BCUT2D eigenvalue weighted by atomic mass is 10.2. The van der Waals surface area contributed by atoms with Gasteiger partial charge in [-0.15, -0.1) is 10.2 Å². The molecule has 0 aliphatic rings. The molecular formula is C18H16N6O4S. The summed E-state index contributed by atoms with van der Waals surface area (Å²) in [7, 11) is 0. The second-order valence-electron chi connectivity index (χ2n) is 5.80.